The number of anilines is 2. The molecule has 0 radical (unpaired) electrons. The summed E-state index contributed by atoms with van der Waals surface area (Å²) >= 11 is 1.55. The molecular weight excluding hydrogens is 396 g/mol. The summed E-state index contributed by atoms with van der Waals surface area (Å²) in [5.74, 6) is 1.03. The van der Waals surface area contributed by atoms with Gasteiger partial charge in [0.05, 0.1) is 17.3 Å². The van der Waals surface area contributed by atoms with E-state index >= 15 is 0 Å². The normalized spacial score (nSPS) is 23.7. The van der Waals surface area contributed by atoms with Gasteiger partial charge < -0.3 is 20.6 Å². The molecular formula is C23H26N4O2S. The third-order valence-electron chi connectivity index (χ3n) is 7.16. The fourth-order valence-corrected chi connectivity index (χ4v) is 6.55. The molecule has 30 heavy (non-hydrogen) atoms. The van der Waals surface area contributed by atoms with Crippen LogP contribution < -0.4 is 15.5 Å². The molecule has 6 rings (SSSR count). The molecule has 1 saturated carbocycles. The summed E-state index contributed by atoms with van der Waals surface area (Å²) in [6, 6.07) is 8.56. The molecule has 1 unspecified atom stereocenters. The van der Waals surface area contributed by atoms with Crippen molar-refractivity contribution in [2.24, 2.45) is 5.41 Å². The highest BCUT2D eigenvalue weighted by atomic mass is 32.1. The zero-order valence-electron chi connectivity index (χ0n) is 17.1. The van der Waals surface area contributed by atoms with Crippen LogP contribution >= 0.6 is 11.3 Å². The second kappa shape index (κ2) is 6.56. The van der Waals surface area contributed by atoms with Crippen molar-refractivity contribution in [3.05, 3.63) is 29.1 Å². The van der Waals surface area contributed by atoms with E-state index in [-0.39, 0.29) is 18.1 Å². The third-order valence-corrected chi connectivity index (χ3v) is 8.32. The van der Waals surface area contributed by atoms with E-state index in [1.807, 2.05) is 6.92 Å². The number of aliphatic hydroxyl groups is 1. The van der Waals surface area contributed by atoms with Crippen LogP contribution in [0.2, 0.25) is 0 Å². The quantitative estimate of drug-likeness (QED) is 0.557. The summed E-state index contributed by atoms with van der Waals surface area (Å²) < 4.78 is 1.11. The van der Waals surface area contributed by atoms with Crippen LogP contribution in [0.15, 0.2) is 24.3 Å². The molecule has 4 heterocycles. The second-order valence-corrected chi connectivity index (χ2v) is 10.3. The minimum absolute atomic E-state index is 0.00443. The lowest BCUT2D eigenvalue weighted by atomic mass is 9.61. The minimum Gasteiger partial charge on any atom is -0.393 e. The maximum Gasteiger partial charge on any atom is 0.263 e. The molecule has 1 atom stereocenters. The molecule has 2 fully saturated rings. The average molecular weight is 423 g/mol. The average Bonchev–Trinajstić information content (AvgIpc) is 3.04. The van der Waals surface area contributed by atoms with Gasteiger partial charge in [-0.25, -0.2) is 4.98 Å². The van der Waals surface area contributed by atoms with E-state index in [1.165, 1.54) is 0 Å². The summed E-state index contributed by atoms with van der Waals surface area (Å²) in [5, 5.41) is 18.5. The predicted molar refractivity (Wildman–Crippen MR) is 122 cm³/mol. The van der Waals surface area contributed by atoms with Crippen LogP contribution in [0, 0.1) is 5.41 Å². The van der Waals surface area contributed by atoms with E-state index in [4.69, 9.17) is 4.98 Å². The van der Waals surface area contributed by atoms with Crippen LogP contribution in [0.1, 0.15) is 42.3 Å². The highest BCUT2D eigenvalue weighted by Crippen LogP contribution is 2.49. The van der Waals surface area contributed by atoms with Gasteiger partial charge in [-0.3, -0.25) is 4.79 Å². The SMILES string of the molecule is CC1CNc2c(sc3ccc4nc(N5CCC6(CC5)CC(O)C6)ccc4c23)C(=O)N1. The minimum atomic E-state index is -0.0860. The van der Waals surface area contributed by atoms with E-state index in [1.54, 1.807) is 11.3 Å². The largest absolute Gasteiger partial charge is 0.393 e. The number of hydrogen-bond acceptors (Lipinski definition) is 6. The Hall–Kier alpha value is -2.38. The highest BCUT2D eigenvalue weighted by Gasteiger charge is 2.45. The maximum absolute atomic E-state index is 12.6. The lowest BCUT2D eigenvalue weighted by Crippen LogP contribution is -2.49. The summed E-state index contributed by atoms with van der Waals surface area (Å²) in [6.45, 7) is 4.74. The number of thiophene rings is 1. The Morgan fingerprint density at radius 1 is 1.20 bits per heavy atom. The monoisotopic (exact) mass is 422 g/mol. The van der Waals surface area contributed by atoms with Crippen LogP contribution in [0.4, 0.5) is 11.5 Å². The van der Waals surface area contributed by atoms with Crippen molar-refractivity contribution in [3.8, 4) is 0 Å². The molecule has 3 N–H and O–H groups in total. The number of carbonyl (C=O) groups excluding carboxylic acids is 1. The number of aliphatic hydroxyl groups excluding tert-OH is 1. The van der Waals surface area contributed by atoms with Crippen LogP contribution in [-0.4, -0.2) is 47.8 Å². The van der Waals surface area contributed by atoms with Gasteiger partial charge in [0.2, 0.25) is 0 Å². The summed E-state index contributed by atoms with van der Waals surface area (Å²) in [5.41, 5.74) is 2.29. The molecule has 7 heteroatoms. The summed E-state index contributed by atoms with van der Waals surface area (Å²) in [7, 11) is 0. The topological polar surface area (TPSA) is 77.5 Å². The van der Waals surface area contributed by atoms with E-state index in [0.717, 1.165) is 82.7 Å². The molecule has 1 saturated heterocycles. The van der Waals surface area contributed by atoms with Gasteiger partial charge in [0.25, 0.3) is 5.91 Å². The van der Waals surface area contributed by atoms with Crippen molar-refractivity contribution in [2.75, 3.05) is 29.9 Å². The first kappa shape index (κ1) is 18.4. The van der Waals surface area contributed by atoms with Crippen LogP contribution in [0.3, 0.4) is 0 Å². The Morgan fingerprint density at radius 2 is 2.00 bits per heavy atom. The third kappa shape index (κ3) is 2.79. The highest BCUT2D eigenvalue weighted by molar-refractivity contribution is 7.21. The Bertz CT molecular complexity index is 1160. The summed E-state index contributed by atoms with van der Waals surface area (Å²) in [4.78, 5) is 20.7. The van der Waals surface area contributed by atoms with Gasteiger partial charge in [0.15, 0.2) is 0 Å². The molecule has 1 aliphatic carbocycles. The summed E-state index contributed by atoms with van der Waals surface area (Å²) in [6.07, 6.45) is 4.12. The molecule has 3 aliphatic rings. The molecule has 2 aliphatic heterocycles. The van der Waals surface area contributed by atoms with E-state index in [0.29, 0.717) is 5.41 Å². The van der Waals surface area contributed by atoms with Gasteiger partial charge >= 0.3 is 0 Å². The number of aromatic nitrogens is 1. The number of hydrogen-bond donors (Lipinski definition) is 3. The molecule has 6 nitrogen and oxygen atoms in total. The van der Waals surface area contributed by atoms with E-state index in [9.17, 15) is 9.90 Å². The van der Waals surface area contributed by atoms with Crippen LogP contribution in [-0.2, 0) is 0 Å². The lowest BCUT2D eigenvalue weighted by molar-refractivity contribution is -0.0464. The molecule has 156 valence electrons. The molecule has 1 spiro atoms. The van der Waals surface area contributed by atoms with Crippen LogP contribution in [0.5, 0.6) is 0 Å². The van der Waals surface area contributed by atoms with Crippen LogP contribution in [0.25, 0.3) is 21.0 Å². The smallest absolute Gasteiger partial charge is 0.263 e. The number of carbonyl (C=O) groups is 1. The fraction of sp³-hybridized carbons (Fsp3) is 0.478. The zero-order valence-corrected chi connectivity index (χ0v) is 17.9. The van der Waals surface area contributed by atoms with Crippen molar-refractivity contribution in [1.82, 2.24) is 10.3 Å². The van der Waals surface area contributed by atoms with Crippen molar-refractivity contribution in [3.63, 3.8) is 0 Å². The van der Waals surface area contributed by atoms with Crippen molar-refractivity contribution >= 4 is 49.7 Å². The first-order chi connectivity index (χ1) is 14.5. The van der Waals surface area contributed by atoms with Gasteiger partial charge in [-0.05, 0) is 62.3 Å². The Balaban J connectivity index is 1.36. The number of nitrogens with one attached hydrogen (secondary N) is 2. The molecule has 2 aromatic heterocycles. The molecule has 1 amide bonds. The van der Waals surface area contributed by atoms with Crippen molar-refractivity contribution in [2.45, 2.75) is 44.8 Å². The zero-order chi connectivity index (χ0) is 20.5. The number of amides is 1. The number of fused-ring (bicyclic) bond motifs is 5. The number of rotatable bonds is 1. The van der Waals surface area contributed by atoms with Gasteiger partial charge in [0, 0.05) is 41.1 Å². The first-order valence-electron chi connectivity index (χ1n) is 10.9. The Morgan fingerprint density at radius 3 is 2.77 bits per heavy atom. The fourth-order valence-electron chi connectivity index (χ4n) is 5.45. The lowest BCUT2D eigenvalue weighted by Gasteiger charge is -2.50. The number of benzene rings is 1. The van der Waals surface area contributed by atoms with Gasteiger partial charge in [-0.2, -0.15) is 0 Å². The van der Waals surface area contributed by atoms with Crippen molar-refractivity contribution in [1.29, 1.82) is 0 Å². The number of pyridine rings is 1. The standard InChI is InChI=1S/C23H26N4O2S/c1-13-12-24-20-19-15-2-5-18(27-8-6-23(7-9-27)10-14(28)11-23)26-16(15)3-4-17(19)30-21(20)22(29)25-13/h2-5,13-14,24,28H,6-12H2,1H3,(H,25,29). The van der Waals surface area contributed by atoms with Gasteiger partial charge in [0.1, 0.15) is 10.7 Å². The Labute approximate surface area is 179 Å². The van der Waals surface area contributed by atoms with Gasteiger partial charge in [-0.1, -0.05) is 0 Å². The van der Waals surface area contributed by atoms with E-state index in [2.05, 4.69) is 39.8 Å². The second-order valence-electron chi connectivity index (χ2n) is 9.29. The maximum atomic E-state index is 12.6. The molecule has 0 bridgehead atoms. The first-order valence-corrected chi connectivity index (χ1v) is 11.7. The molecule has 1 aromatic carbocycles. The number of piperidine rings is 1. The number of nitrogens with zero attached hydrogens (tertiary/aromatic N) is 2. The van der Waals surface area contributed by atoms with Gasteiger partial charge in [-0.15, -0.1) is 11.3 Å². The molecule has 3 aromatic rings. The Kier molecular flexibility index (Phi) is 4.02. The van der Waals surface area contributed by atoms with E-state index < -0.39 is 0 Å². The predicted octanol–water partition coefficient (Wildman–Crippen LogP) is 3.73. The van der Waals surface area contributed by atoms with Crippen molar-refractivity contribution < 1.29 is 9.90 Å².